The second-order valence-electron chi connectivity index (χ2n) is 3.09. The molecule has 1 aromatic carbocycles. The monoisotopic (exact) mass is 193 g/mol. The van der Waals surface area contributed by atoms with Crippen LogP contribution in [0.5, 0.6) is 0 Å². The Hall–Kier alpha value is -1.71. The molecule has 0 radical (unpaired) electrons. The molecule has 0 amide bonds. The number of carboxylic acid groups (broad SMARTS) is 1. The predicted molar refractivity (Wildman–Crippen MR) is 52.1 cm³/mol. The molecule has 0 bridgehead atoms. The van der Waals surface area contributed by atoms with Crippen LogP contribution in [0.4, 0.5) is 0 Å². The van der Waals surface area contributed by atoms with Crippen LogP contribution < -0.4 is 0 Å². The topological polar surface area (TPSA) is 66.7 Å². The van der Waals surface area contributed by atoms with Crippen LogP contribution in [0.3, 0.4) is 0 Å². The molecule has 0 fully saturated rings. The van der Waals surface area contributed by atoms with E-state index < -0.39 is 12.0 Å². The van der Waals surface area contributed by atoms with E-state index in [1.54, 1.807) is 6.07 Å². The van der Waals surface area contributed by atoms with Crippen LogP contribution >= 0.6 is 0 Å². The van der Waals surface area contributed by atoms with Gasteiger partial charge in [-0.25, -0.2) is 4.79 Å². The number of carboxylic acids is 1. The van der Waals surface area contributed by atoms with Gasteiger partial charge in [0.05, 0.1) is 0 Å². The maximum absolute atomic E-state index is 10.6. The number of nitroso groups, excluding NO2 is 1. The lowest BCUT2D eigenvalue weighted by Crippen LogP contribution is -2.20. The van der Waals surface area contributed by atoms with Crippen molar-refractivity contribution in [2.75, 3.05) is 0 Å². The molecule has 0 aromatic heterocycles. The highest BCUT2D eigenvalue weighted by Gasteiger charge is 2.18. The van der Waals surface area contributed by atoms with Crippen LogP contribution in [0.25, 0.3) is 0 Å². The van der Waals surface area contributed by atoms with Gasteiger partial charge >= 0.3 is 5.97 Å². The highest BCUT2D eigenvalue weighted by atomic mass is 16.4. The average molecular weight is 193 g/mol. The van der Waals surface area contributed by atoms with Gasteiger partial charge in [-0.1, -0.05) is 29.4 Å². The lowest BCUT2D eigenvalue weighted by Gasteiger charge is -2.06. The van der Waals surface area contributed by atoms with E-state index in [-0.39, 0.29) is 6.42 Å². The van der Waals surface area contributed by atoms with Gasteiger partial charge in [-0.2, -0.15) is 0 Å². The van der Waals surface area contributed by atoms with E-state index >= 15 is 0 Å². The summed E-state index contributed by atoms with van der Waals surface area (Å²) in [5, 5.41) is 11.2. The summed E-state index contributed by atoms with van der Waals surface area (Å²) in [6.07, 6.45) is 0.158. The van der Waals surface area contributed by atoms with Gasteiger partial charge in [-0.3, -0.25) is 0 Å². The number of rotatable bonds is 4. The summed E-state index contributed by atoms with van der Waals surface area (Å²) in [6, 6.07) is 6.17. The first-order valence-electron chi connectivity index (χ1n) is 4.25. The van der Waals surface area contributed by atoms with Crippen molar-refractivity contribution in [3.63, 3.8) is 0 Å². The van der Waals surface area contributed by atoms with Gasteiger partial charge < -0.3 is 5.11 Å². The Morgan fingerprint density at radius 2 is 2.14 bits per heavy atom. The highest BCUT2D eigenvalue weighted by molar-refractivity contribution is 5.74. The maximum atomic E-state index is 10.6. The molecule has 0 unspecified atom stereocenters. The summed E-state index contributed by atoms with van der Waals surface area (Å²) in [6.45, 7) is 1.87. The van der Waals surface area contributed by atoms with Gasteiger partial charge in [-0.05, 0) is 18.1 Å². The molecule has 4 heteroatoms. The lowest BCUT2D eigenvalue weighted by molar-refractivity contribution is -0.138. The second kappa shape index (κ2) is 4.50. The second-order valence-corrected chi connectivity index (χ2v) is 3.09. The fraction of sp³-hybridized carbons (Fsp3) is 0.300. The van der Waals surface area contributed by atoms with E-state index in [1.807, 2.05) is 25.1 Å². The Morgan fingerprint density at radius 1 is 1.50 bits per heavy atom. The standard InChI is InChI=1S/C10H11NO3/c1-7-4-2-3-5-8(7)6-9(11-14)10(12)13/h2-5,9H,6H2,1H3,(H,12,13)/t9-/m0/s1. The zero-order valence-corrected chi connectivity index (χ0v) is 7.80. The third kappa shape index (κ3) is 2.39. The van der Waals surface area contributed by atoms with Crippen LogP contribution in [0.1, 0.15) is 11.1 Å². The van der Waals surface area contributed by atoms with Crippen molar-refractivity contribution in [2.45, 2.75) is 19.4 Å². The fourth-order valence-corrected chi connectivity index (χ4v) is 1.22. The van der Waals surface area contributed by atoms with Gasteiger partial charge in [0.25, 0.3) is 0 Å². The first-order valence-corrected chi connectivity index (χ1v) is 4.25. The van der Waals surface area contributed by atoms with Crippen LogP contribution in [-0.4, -0.2) is 17.1 Å². The third-order valence-corrected chi connectivity index (χ3v) is 2.09. The summed E-state index contributed by atoms with van der Waals surface area (Å²) in [4.78, 5) is 20.8. The Kier molecular flexibility index (Phi) is 3.34. The molecule has 0 heterocycles. The maximum Gasteiger partial charge on any atom is 0.332 e. The van der Waals surface area contributed by atoms with Crippen LogP contribution in [0.2, 0.25) is 0 Å². The molecule has 4 nitrogen and oxygen atoms in total. The molecule has 0 spiro atoms. The number of benzene rings is 1. The molecular weight excluding hydrogens is 182 g/mol. The quantitative estimate of drug-likeness (QED) is 0.741. The molecule has 1 aromatic rings. The number of aryl methyl sites for hydroxylation is 1. The van der Waals surface area contributed by atoms with Crippen LogP contribution in [0, 0.1) is 11.8 Å². The van der Waals surface area contributed by atoms with Gasteiger partial charge in [0.15, 0.2) is 6.04 Å². The van der Waals surface area contributed by atoms with Crippen LogP contribution in [0.15, 0.2) is 29.4 Å². The van der Waals surface area contributed by atoms with Gasteiger partial charge in [0, 0.05) is 6.42 Å². The van der Waals surface area contributed by atoms with Crippen molar-refractivity contribution in [1.29, 1.82) is 0 Å². The van der Waals surface area contributed by atoms with Crippen molar-refractivity contribution >= 4 is 5.97 Å². The number of carbonyl (C=O) groups is 1. The molecule has 1 atom stereocenters. The lowest BCUT2D eigenvalue weighted by atomic mass is 10.0. The molecule has 0 aliphatic carbocycles. The Bertz CT molecular complexity index is 349. The molecule has 14 heavy (non-hydrogen) atoms. The fourth-order valence-electron chi connectivity index (χ4n) is 1.22. The van der Waals surface area contributed by atoms with E-state index in [0.29, 0.717) is 0 Å². The largest absolute Gasteiger partial charge is 0.480 e. The normalized spacial score (nSPS) is 12.1. The van der Waals surface area contributed by atoms with Crippen molar-refractivity contribution in [3.05, 3.63) is 40.3 Å². The number of hydrogen-bond acceptors (Lipinski definition) is 3. The Labute approximate surface area is 81.5 Å². The summed E-state index contributed by atoms with van der Waals surface area (Å²) < 4.78 is 0. The van der Waals surface area contributed by atoms with E-state index in [0.717, 1.165) is 11.1 Å². The zero-order valence-electron chi connectivity index (χ0n) is 7.80. The number of hydrogen-bond donors (Lipinski definition) is 1. The summed E-state index contributed by atoms with van der Waals surface area (Å²) in [5.74, 6) is -1.18. The molecule has 0 aliphatic rings. The molecule has 0 aliphatic heterocycles. The third-order valence-electron chi connectivity index (χ3n) is 2.09. The SMILES string of the molecule is Cc1ccccc1C[C@H](N=O)C(=O)O. The highest BCUT2D eigenvalue weighted by Crippen LogP contribution is 2.11. The van der Waals surface area contributed by atoms with Crippen molar-refractivity contribution in [2.24, 2.45) is 5.18 Å². The van der Waals surface area contributed by atoms with E-state index in [4.69, 9.17) is 5.11 Å². The summed E-state index contributed by atoms with van der Waals surface area (Å²) in [5.41, 5.74) is 1.82. The minimum absolute atomic E-state index is 0.158. The Balaban J connectivity index is 2.82. The summed E-state index contributed by atoms with van der Waals surface area (Å²) in [7, 11) is 0. The molecule has 74 valence electrons. The first kappa shape index (κ1) is 10.4. The number of aliphatic carboxylic acids is 1. The Morgan fingerprint density at radius 3 is 2.64 bits per heavy atom. The molecule has 1 rings (SSSR count). The minimum Gasteiger partial charge on any atom is -0.480 e. The smallest absolute Gasteiger partial charge is 0.332 e. The zero-order chi connectivity index (χ0) is 10.6. The molecule has 0 saturated carbocycles. The van der Waals surface area contributed by atoms with Crippen molar-refractivity contribution in [1.82, 2.24) is 0 Å². The van der Waals surface area contributed by atoms with Crippen LogP contribution in [-0.2, 0) is 11.2 Å². The molecule has 0 saturated heterocycles. The van der Waals surface area contributed by atoms with E-state index in [2.05, 4.69) is 5.18 Å². The van der Waals surface area contributed by atoms with Gasteiger partial charge in [0.1, 0.15) is 0 Å². The average Bonchev–Trinajstić information content (AvgIpc) is 2.16. The van der Waals surface area contributed by atoms with E-state index in [1.165, 1.54) is 0 Å². The predicted octanol–water partition coefficient (Wildman–Crippen LogP) is 1.76. The van der Waals surface area contributed by atoms with Crippen molar-refractivity contribution in [3.8, 4) is 0 Å². The van der Waals surface area contributed by atoms with E-state index in [9.17, 15) is 9.70 Å². The van der Waals surface area contributed by atoms with Gasteiger partial charge in [-0.15, -0.1) is 4.91 Å². The first-order chi connectivity index (χ1) is 6.65. The van der Waals surface area contributed by atoms with Crippen molar-refractivity contribution < 1.29 is 9.90 Å². The summed E-state index contributed by atoms with van der Waals surface area (Å²) >= 11 is 0. The molecule has 1 N–H and O–H groups in total. The van der Waals surface area contributed by atoms with Gasteiger partial charge in [0.2, 0.25) is 0 Å². The molecular formula is C10H11NO3. The minimum atomic E-state index is -1.18. The number of nitrogens with zero attached hydrogens (tertiary/aromatic N) is 1.